The zero-order valence-electron chi connectivity index (χ0n) is 18.2. The summed E-state index contributed by atoms with van der Waals surface area (Å²) >= 11 is 0. The van der Waals surface area contributed by atoms with Gasteiger partial charge in [0.15, 0.2) is 9.84 Å². The largest absolute Gasteiger partial charge is 0.497 e. The molecule has 2 fully saturated rings. The van der Waals surface area contributed by atoms with Gasteiger partial charge in [0.05, 0.1) is 42.8 Å². The van der Waals surface area contributed by atoms with E-state index in [-0.39, 0.29) is 35.1 Å². The van der Waals surface area contributed by atoms with Gasteiger partial charge in [-0.1, -0.05) is 6.07 Å². The second-order valence-corrected chi connectivity index (χ2v) is 12.1. The van der Waals surface area contributed by atoms with Crippen LogP contribution in [0.4, 0.5) is 5.69 Å². The number of carbonyl (C=O) groups excluding carboxylic acids is 1. The zero-order chi connectivity index (χ0) is 23.6. The van der Waals surface area contributed by atoms with Crippen LogP contribution in [0, 0.1) is 0 Å². The lowest BCUT2D eigenvalue weighted by atomic mass is 10.1. The molecule has 1 amide bonds. The molecule has 4 rings (SSSR count). The molecule has 2 aliphatic rings. The molecule has 2 aliphatic heterocycles. The fourth-order valence-electron chi connectivity index (χ4n) is 4.08. The number of sulfonamides is 1. The first-order valence-corrected chi connectivity index (χ1v) is 13.8. The lowest BCUT2D eigenvalue weighted by Gasteiger charge is -2.29. The monoisotopic (exact) mass is 494 g/mol. The molecular weight excluding hydrogens is 468 g/mol. The lowest BCUT2D eigenvalue weighted by Crippen LogP contribution is -2.42. The predicted molar refractivity (Wildman–Crippen MR) is 123 cm³/mol. The molecule has 1 unspecified atom stereocenters. The van der Waals surface area contributed by atoms with Gasteiger partial charge in [0, 0.05) is 24.3 Å². The van der Waals surface area contributed by atoms with E-state index in [0.717, 1.165) is 0 Å². The molecule has 0 spiro atoms. The number of amides is 1. The van der Waals surface area contributed by atoms with Gasteiger partial charge in [-0.3, -0.25) is 4.79 Å². The van der Waals surface area contributed by atoms with Crippen LogP contribution in [0.5, 0.6) is 5.75 Å². The minimum atomic E-state index is -3.78. The van der Waals surface area contributed by atoms with Crippen LogP contribution < -0.4 is 9.64 Å². The van der Waals surface area contributed by atoms with E-state index in [9.17, 15) is 21.6 Å². The van der Waals surface area contributed by atoms with Crippen molar-refractivity contribution in [3.63, 3.8) is 0 Å². The molecule has 2 heterocycles. The quantitative estimate of drug-likeness (QED) is 0.599. The van der Waals surface area contributed by atoms with Gasteiger partial charge in [-0.05, 0) is 48.9 Å². The van der Waals surface area contributed by atoms with E-state index < -0.39 is 31.8 Å². The number of anilines is 1. The highest BCUT2D eigenvalue weighted by Crippen LogP contribution is 2.29. The van der Waals surface area contributed by atoms with Crippen LogP contribution in [0.15, 0.2) is 53.4 Å². The number of nitrogens with zero attached hydrogens (tertiary/aromatic N) is 2. The van der Waals surface area contributed by atoms with Crippen LogP contribution in [-0.4, -0.2) is 78.0 Å². The number of methoxy groups -OCH3 is 1. The van der Waals surface area contributed by atoms with Crippen molar-refractivity contribution in [1.29, 1.82) is 0 Å². The summed E-state index contributed by atoms with van der Waals surface area (Å²) in [5.41, 5.74) is 0.689. The van der Waals surface area contributed by atoms with Gasteiger partial charge in [-0.25, -0.2) is 16.8 Å². The fraction of sp³-hybridized carbons (Fsp3) is 0.409. The number of hydrogen-bond donors (Lipinski definition) is 0. The van der Waals surface area contributed by atoms with Crippen LogP contribution in [0.3, 0.4) is 0 Å². The summed E-state index contributed by atoms with van der Waals surface area (Å²) < 4.78 is 62.2. The third kappa shape index (κ3) is 5.06. The summed E-state index contributed by atoms with van der Waals surface area (Å²) in [7, 11) is -5.51. The summed E-state index contributed by atoms with van der Waals surface area (Å²) in [5, 5.41) is 0. The summed E-state index contributed by atoms with van der Waals surface area (Å²) in [6.07, 6.45) is 0.311. The Morgan fingerprint density at radius 3 is 2.42 bits per heavy atom. The van der Waals surface area contributed by atoms with Crippen molar-refractivity contribution >= 4 is 31.5 Å². The predicted octanol–water partition coefficient (Wildman–Crippen LogP) is 1.55. The number of carbonyl (C=O) groups is 1. The van der Waals surface area contributed by atoms with Gasteiger partial charge in [-0.15, -0.1) is 0 Å². The van der Waals surface area contributed by atoms with Gasteiger partial charge in [0.1, 0.15) is 5.75 Å². The molecule has 2 aromatic carbocycles. The fourth-order valence-corrected chi connectivity index (χ4v) is 7.23. The number of ether oxygens (including phenoxy) is 2. The standard InChI is InChI=1S/C22H26N2O7S2/c1-30-20-7-5-18(6-8-20)24(19-9-14-32(26,27)16-19)22(25)17-3-2-4-21(15-17)33(28,29)23-10-12-31-13-11-23/h2-8,15,19H,9-14,16H2,1H3. The lowest BCUT2D eigenvalue weighted by molar-refractivity contribution is 0.0730. The summed E-state index contributed by atoms with van der Waals surface area (Å²) in [6.45, 7) is 1.13. The van der Waals surface area contributed by atoms with Crippen molar-refractivity contribution in [1.82, 2.24) is 4.31 Å². The van der Waals surface area contributed by atoms with Gasteiger partial charge >= 0.3 is 0 Å². The third-order valence-corrected chi connectivity index (χ3v) is 9.48. The topological polar surface area (TPSA) is 110 Å². The van der Waals surface area contributed by atoms with E-state index >= 15 is 0 Å². The molecule has 11 heteroatoms. The molecule has 0 radical (unpaired) electrons. The molecule has 33 heavy (non-hydrogen) atoms. The van der Waals surface area contributed by atoms with Crippen molar-refractivity contribution in [2.24, 2.45) is 0 Å². The molecule has 1 atom stereocenters. The second kappa shape index (κ2) is 9.41. The van der Waals surface area contributed by atoms with E-state index in [1.54, 1.807) is 30.3 Å². The van der Waals surface area contributed by atoms with Crippen LogP contribution in [0.25, 0.3) is 0 Å². The van der Waals surface area contributed by atoms with Gasteiger partial charge < -0.3 is 14.4 Å². The molecular formula is C22H26N2O7S2. The smallest absolute Gasteiger partial charge is 0.258 e. The highest BCUT2D eigenvalue weighted by molar-refractivity contribution is 7.91. The van der Waals surface area contributed by atoms with Crippen molar-refractivity contribution in [2.45, 2.75) is 17.4 Å². The van der Waals surface area contributed by atoms with Gasteiger partial charge in [0.25, 0.3) is 5.91 Å². The van der Waals surface area contributed by atoms with Crippen LogP contribution in [-0.2, 0) is 24.6 Å². The first-order chi connectivity index (χ1) is 15.7. The maximum absolute atomic E-state index is 13.6. The van der Waals surface area contributed by atoms with E-state index in [1.165, 1.54) is 34.5 Å². The number of benzene rings is 2. The SMILES string of the molecule is COc1ccc(N(C(=O)c2cccc(S(=O)(=O)N3CCOCC3)c2)C2CCS(=O)(=O)C2)cc1. The Kier molecular flexibility index (Phi) is 6.76. The number of morpholine rings is 1. The van der Waals surface area contributed by atoms with Crippen molar-refractivity contribution in [3.8, 4) is 5.75 Å². The highest BCUT2D eigenvalue weighted by atomic mass is 32.2. The summed E-state index contributed by atoms with van der Waals surface area (Å²) in [5.74, 6) is 0.00430. The molecule has 9 nitrogen and oxygen atoms in total. The Labute approximate surface area is 193 Å². The molecule has 0 aliphatic carbocycles. The van der Waals surface area contributed by atoms with Crippen LogP contribution >= 0.6 is 0 Å². The minimum absolute atomic E-state index is 0.00303. The van der Waals surface area contributed by atoms with Crippen molar-refractivity contribution < 1.29 is 31.1 Å². The number of hydrogen-bond acceptors (Lipinski definition) is 7. The molecule has 0 saturated carbocycles. The third-order valence-electron chi connectivity index (χ3n) is 5.83. The van der Waals surface area contributed by atoms with E-state index in [4.69, 9.17) is 9.47 Å². The number of sulfone groups is 1. The normalized spacial score (nSPS) is 20.9. The summed E-state index contributed by atoms with van der Waals surface area (Å²) in [4.78, 5) is 15.1. The number of rotatable bonds is 6. The Balaban J connectivity index is 1.69. The van der Waals surface area contributed by atoms with Crippen molar-refractivity contribution in [2.75, 3.05) is 49.8 Å². The van der Waals surface area contributed by atoms with E-state index in [0.29, 0.717) is 31.1 Å². The first-order valence-electron chi connectivity index (χ1n) is 10.6. The van der Waals surface area contributed by atoms with Gasteiger partial charge in [0.2, 0.25) is 10.0 Å². The second-order valence-electron chi connectivity index (χ2n) is 7.97. The molecule has 0 aromatic heterocycles. The molecule has 2 aromatic rings. The van der Waals surface area contributed by atoms with Crippen molar-refractivity contribution in [3.05, 3.63) is 54.1 Å². The molecule has 2 saturated heterocycles. The Bertz CT molecular complexity index is 1220. The molecule has 0 N–H and O–H groups in total. The molecule has 178 valence electrons. The van der Waals surface area contributed by atoms with Gasteiger partial charge in [-0.2, -0.15) is 4.31 Å². The first kappa shape index (κ1) is 23.7. The van der Waals surface area contributed by atoms with E-state index in [2.05, 4.69) is 0 Å². The van der Waals surface area contributed by atoms with E-state index in [1.807, 2.05) is 0 Å². The summed E-state index contributed by atoms with van der Waals surface area (Å²) in [6, 6.07) is 12.1. The highest BCUT2D eigenvalue weighted by Gasteiger charge is 2.36. The average Bonchev–Trinajstić information content (AvgIpc) is 3.19. The maximum atomic E-state index is 13.6. The molecule has 0 bridgehead atoms. The minimum Gasteiger partial charge on any atom is -0.497 e. The van der Waals surface area contributed by atoms with Crippen LogP contribution in [0.2, 0.25) is 0 Å². The Morgan fingerprint density at radius 2 is 1.82 bits per heavy atom. The average molecular weight is 495 g/mol. The zero-order valence-corrected chi connectivity index (χ0v) is 19.8. The Morgan fingerprint density at radius 1 is 1.12 bits per heavy atom. The van der Waals surface area contributed by atoms with Crippen LogP contribution in [0.1, 0.15) is 16.8 Å². The Hall–Kier alpha value is -2.47. The maximum Gasteiger partial charge on any atom is 0.258 e.